The lowest BCUT2D eigenvalue weighted by Gasteiger charge is -2.33. The number of carbonyl (C=O) groups is 2. The van der Waals surface area contributed by atoms with Gasteiger partial charge >= 0.3 is 0 Å². The van der Waals surface area contributed by atoms with Crippen molar-refractivity contribution in [3.8, 4) is 0 Å². The topological polar surface area (TPSA) is 122 Å². The quantitative estimate of drug-likeness (QED) is 0.372. The minimum Gasteiger partial charge on any atom is -0.370 e. The van der Waals surface area contributed by atoms with E-state index in [4.69, 9.17) is 5.73 Å². The van der Waals surface area contributed by atoms with Crippen LogP contribution in [-0.4, -0.2) is 33.3 Å². The van der Waals surface area contributed by atoms with Crippen LogP contribution in [0.25, 0.3) is 0 Å². The Labute approximate surface area is 229 Å². The molecule has 2 fully saturated rings. The Morgan fingerprint density at radius 2 is 1.59 bits per heavy atom. The van der Waals surface area contributed by atoms with E-state index < -0.39 is 16.1 Å². The Kier molecular flexibility index (Phi) is 7.72. The lowest BCUT2D eigenvalue weighted by atomic mass is 9.96. The molecule has 1 aliphatic heterocycles. The molecule has 3 aromatic rings. The summed E-state index contributed by atoms with van der Waals surface area (Å²) in [5.74, 6) is -0.627. The number of rotatable bonds is 9. The Bertz CT molecular complexity index is 1440. The zero-order chi connectivity index (χ0) is 27.6. The molecule has 8 nitrogen and oxygen atoms in total. The van der Waals surface area contributed by atoms with Crippen molar-refractivity contribution in [2.75, 3.05) is 23.3 Å². The molecule has 0 bridgehead atoms. The van der Waals surface area contributed by atoms with Crippen LogP contribution in [0.4, 0.5) is 11.4 Å². The second-order valence-electron chi connectivity index (χ2n) is 10.4. The monoisotopic (exact) mass is 546 g/mol. The lowest BCUT2D eigenvalue weighted by Crippen LogP contribution is -2.39. The zero-order valence-corrected chi connectivity index (χ0v) is 22.7. The summed E-state index contributed by atoms with van der Waals surface area (Å²) in [5, 5.41) is 2.94. The van der Waals surface area contributed by atoms with Gasteiger partial charge in [0.15, 0.2) is 0 Å². The Balaban J connectivity index is 1.39. The Morgan fingerprint density at radius 1 is 0.949 bits per heavy atom. The highest BCUT2D eigenvalue weighted by molar-refractivity contribution is 7.89. The van der Waals surface area contributed by atoms with Gasteiger partial charge in [0.25, 0.3) is 0 Å². The third-order valence-electron chi connectivity index (χ3n) is 7.74. The van der Waals surface area contributed by atoms with Crippen LogP contribution in [-0.2, 0) is 19.6 Å². The average molecular weight is 547 g/mol. The van der Waals surface area contributed by atoms with Crippen LogP contribution < -0.4 is 20.7 Å². The molecule has 1 saturated heterocycles. The fourth-order valence-corrected chi connectivity index (χ4v) is 6.85. The summed E-state index contributed by atoms with van der Waals surface area (Å²) >= 11 is 0. The molecule has 5 rings (SSSR count). The normalized spacial score (nSPS) is 20.3. The van der Waals surface area contributed by atoms with Crippen molar-refractivity contribution in [3.63, 3.8) is 0 Å². The molecular weight excluding hydrogens is 512 g/mol. The van der Waals surface area contributed by atoms with Gasteiger partial charge in [-0.05, 0) is 61.4 Å². The first kappa shape index (κ1) is 26.9. The second kappa shape index (κ2) is 11.2. The van der Waals surface area contributed by atoms with E-state index in [9.17, 15) is 18.0 Å². The van der Waals surface area contributed by atoms with Gasteiger partial charge in [-0.15, -0.1) is 0 Å². The van der Waals surface area contributed by atoms with Crippen molar-refractivity contribution < 1.29 is 18.0 Å². The largest absolute Gasteiger partial charge is 0.370 e. The number of piperidine rings is 1. The fourth-order valence-electron chi connectivity index (χ4n) is 5.37. The van der Waals surface area contributed by atoms with Gasteiger partial charge in [-0.2, -0.15) is 0 Å². The maximum absolute atomic E-state index is 13.7. The molecule has 4 N–H and O–H groups in total. The predicted molar refractivity (Wildman–Crippen MR) is 152 cm³/mol. The van der Waals surface area contributed by atoms with Gasteiger partial charge in [-0.3, -0.25) is 9.59 Å². The highest BCUT2D eigenvalue weighted by Gasteiger charge is 2.44. The summed E-state index contributed by atoms with van der Waals surface area (Å²) in [4.78, 5) is 26.8. The maximum Gasteiger partial charge on any atom is 0.243 e. The number of nitrogens with two attached hydrogens (primary N) is 1. The van der Waals surface area contributed by atoms with Crippen molar-refractivity contribution in [2.45, 2.75) is 43.0 Å². The number of benzene rings is 3. The molecule has 1 heterocycles. The molecule has 9 heteroatoms. The number of anilines is 2. The predicted octanol–water partition coefficient (Wildman–Crippen LogP) is 4.17. The number of amides is 2. The smallest absolute Gasteiger partial charge is 0.243 e. The number of hydrogen-bond donors (Lipinski definition) is 3. The summed E-state index contributed by atoms with van der Waals surface area (Å²) < 4.78 is 30.3. The number of nitrogens with zero attached hydrogens (tertiary/aromatic N) is 1. The van der Waals surface area contributed by atoms with E-state index in [1.807, 2.05) is 65.6 Å². The third-order valence-corrected chi connectivity index (χ3v) is 9.31. The van der Waals surface area contributed by atoms with Gasteiger partial charge in [0, 0.05) is 36.7 Å². The first-order valence-electron chi connectivity index (χ1n) is 13.3. The number of nitrogens with one attached hydrogen (secondary N) is 2. The van der Waals surface area contributed by atoms with Crippen molar-refractivity contribution in [3.05, 3.63) is 90.0 Å². The minimum absolute atomic E-state index is 0.0935. The number of hydrogen-bond acceptors (Lipinski definition) is 5. The van der Waals surface area contributed by atoms with Gasteiger partial charge in [0.1, 0.15) is 4.90 Å². The summed E-state index contributed by atoms with van der Waals surface area (Å²) in [5.41, 5.74) is 8.45. The SMILES string of the molecule is CC(NS(=O)(=O)c1cc(NC(=O)C2C[C@H]2c2ccccc2)ccc1N1CCC(C(N)=O)CC1)c1ccccc1. The molecule has 3 aromatic carbocycles. The van der Waals surface area contributed by atoms with E-state index in [0.29, 0.717) is 37.3 Å². The van der Waals surface area contributed by atoms with Gasteiger partial charge in [-0.1, -0.05) is 60.7 Å². The van der Waals surface area contributed by atoms with E-state index >= 15 is 0 Å². The molecule has 39 heavy (non-hydrogen) atoms. The van der Waals surface area contributed by atoms with Crippen LogP contribution in [0.1, 0.15) is 49.3 Å². The molecular formula is C30H34N4O4S. The number of sulfonamides is 1. The van der Waals surface area contributed by atoms with Crippen LogP contribution in [0.2, 0.25) is 0 Å². The third kappa shape index (κ3) is 6.15. The van der Waals surface area contributed by atoms with Gasteiger partial charge < -0.3 is 16.0 Å². The molecule has 2 amide bonds. The number of carbonyl (C=O) groups excluding carboxylic acids is 2. The van der Waals surface area contributed by atoms with Crippen molar-refractivity contribution in [2.24, 2.45) is 17.6 Å². The van der Waals surface area contributed by atoms with Crippen LogP contribution in [0, 0.1) is 11.8 Å². The lowest BCUT2D eigenvalue weighted by molar-refractivity contribution is -0.122. The molecule has 0 aromatic heterocycles. The van der Waals surface area contributed by atoms with E-state index in [-0.39, 0.29) is 34.5 Å². The Morgan fingerprint density at radius 3 is 2.23 bits per heavy atom. The van der Waals surface area contributed by atoms with Gasteiger partial charge in [-0.25, -0.2) is 13.1 Å². The van der Waals surface area contributed by atoms with Gasteiger partial charge in [0.2, 0.25) is 21.8 Å². The first-order chi connectivity index (χ1) is 18.7. The summed E-state index contributed by atoms with van der Waals surface area (Å²) in [7, 11) is -3.97. The molecule has 0 radical (unpaired) electrons. The molecule has 3 atom stereocenters. The average Bonchev–Trinajstić information content (AvgIpc) is 3.75. The molecule has 204 valence electrons. The molecule has 0 spiro atoms. The van der Waals surface area contributed by atoms with Crippen LogP contribution >= 0.6 is 0 Å². The minimum atomic E-state index is -3.97. The standard InChI is InChI=1S/C30H34N4O4S/c1-20(21-8-4-2-5-9-21)33-39(37,38)28-18-24(12-13-27(28)34-16-14-23(15-17-34)29(31)35)32-30(36)26-19-25(26)22-10-6-3-7-11-22/h2-13,18,20,23,25-26,33H,14-17,19H2,1H3,(H2,31,35)(H,32,36)/t20?,25-,26?/m0/s1. The van der Waals surface area contributed by atoms with Crippen molar-refractivity contribution in [1.29, 1.82) is 0 Å². The molecule has 1 saturated carbocycles. The van der Waals surface area contributed by atoms with E-state index in [0.717, 1.165) is 17.5 Å². The summed E-state index contributed by atoms with van der Waals surface area (Å²) in [6.07, 6.45) is 1.89. The highest BCUT2D eigenvalue weighted by Crippen LogP contribution is 2.48. The van der Waals surface area contributed by atoms with Crippen LogP contribution in [0.3, 0.4) is 0 Å². The van der Waals surface area contributed by atoms with Crippen LogP contribution in [0.5, 0.6) is 0 Å². The van der Waals surface area contributed by atoms with E-state index in [1.165, 1.54) is 6.07 Å². The van der Waals surface area contributed by atoms with E-state index in [2.05, 4.69) is 10.0 Å². The maximum atomic E-state index is 13.7. The summed E-state index contributed by atoms with van der Waals surface area (Å²) in [6, 6.07) is 23.9. The number of primary amides is 1. The second-order valence-corrected chi connectivity index (χ2v) is 12.1. The van der Waals surface area contributed by atoms with E-state index in [1.54, 1.807) is 19.1 Å². The molecule has 1 aliphatic carbocycles. The fraction of sp³-hybridized carbons (Fsp3) is 0.333. The Hall–Kier alpha value is -3.69. The van der Waals surface area contributed by atoms with Crippen molar-refractivity contribution >= 4 is 33.2 Å². The van der Waals surface area contributed by atoms with Gasteiger partial charge in [0.05, 0.1) is 5.69 Å². The summed E-state index contributed by atoms with van der Waals surface area (Å²) in [6.45, 7) is 2.82. The molecule has 2 aliphatic rings. The highest BCUT2D eigenvalue weighted by atomic mass is 32.2. The zero-order valence-electron chi connectivity index (χ0n) is 21.9. The van der Waals surface area contributed by atoms with Crippen LogP contribution in [0.15, 0.2) is 83.8 Å². The van der Waals surface area contributed by atoms with Crippen molar-refractivity contribution in [1.82, 2.24) is 4.72 Å². The first-order valence-corrected chi connectivity index (χ1v) is 14.8. The molecule has 2 unspecified atom stereocenters.